The van der Waals surface area contributed by atoms with Gasteiger partial charge in [-0.25, -0.2) is 0 Å². The summed E-state index contributed by atoms with van der Waals surface area (Å²) in [6, 6.07) is -0.223. The van der Waals surface area contributed by atoms with Crippen molar-refractivity contribution in [1.29, 1.82) is 0 Å². The van der Waals surface area contributed by atoms with Crippen molar-refractivity contribution in [2.24, 2.45) is 0 Å². The van der Waals surface area contributed by atoms with Crippen molar-refractivity contribution in [3.63, 3.8) is 0 Å². The van der Waals surface area contributed by atoms with Gasteiger partial charge in [-0.3, -0.25) is 19.8 Å². The van der Waals surface area contributed by atoms with Gasteiger partial charge in [0.05, 0.1) is 12.6 Å². The highest BCUT2D eigenvalue weighted by Gasteiger charge is 2.30. The highest BCUT2D eigenvalue weighted by atomic mass is 32.2. The third-order valence-electron chi connectivity index (χ3n) is 2.16. The normalized spacial score (nSPS) is 23.0. The quantitative estimate of drug-likeness (QED) is 0.534. The molecule has 1 atom stereocenters. The van der Waals surface area contributed by atoms with E-state index in [9.17, 15) is 9.59 Å². The van der Waals surface area contributed by atoms with Crippen molar-refractivity contribution in [2.45, 2.75) is 19.9 Å². The summed E-state index contributed by atoms with van der Waals surface area (Å²) >= 11 is 1.74. The Labute approximate surface area is 88.4 Å². The van der Waals surface area contributed by atoms with E-state index < -0.39 is 0 Å². The van der Waals surface area contributed by atoms with Crippen molar-refractivity contribution in [1.82, 2.24) is 10.2 Å². The summed E-state index contributed by atoms with van der Waals surface area (Å²) in [5.41, 5.74) is 0. The predicted octanol–water partition coefficient (Wildman–Crippen LogP) is 0.0864. The Balaban J connectivity index is 2.46. The molecule has 0 aromatic rings. The Hall–Kier alpha value is -0.550. The lowest BCUT2D eigenvalue weighted by molar-refractivity contribution is -0.148. The number of piperazine rings is 1. The number of rotatable bonds is 4. The molecule has 1 aliphatic rings. The number of imide groups is 1. The lowest BCUT2D eigenvalue weighted by atomic mass is 10.2. The number of nitrogens with zero attached hydrogens (tertiary/aromatic N) is 1. The molecule has 1 aliphatic heterocycles. The minimum atomic E-state index is -0.223. The molecule has 0 aromatic heterocycles. The van der Waals surface area contributed by atoms with E-state index in [2.05, 4.69) is 12.2 Å². The summed E-state index contributed by atoms with van der Waals surface area (Å²) in [7, 11) is 0. The monoisotopic (exact) mass is 216 g/mol. The van der Waals surface area contributed by atoms with Gasteiger partial charge in [-0.15, -0.1) is 0 Å². The number of hydrogen-bond acceptors (Lipinski definition) is 4. The molecule has 1 fully saturated rings. The second kappa shape index (κ2) is 5.36. The fraction of sp³-hybridized carbons (Fsp3) is 0.778. The molecule has 0 aromatic carbocycles. The summed E-state index contributed by atoms with van der Waals surface area (Å²) in [6.07, 6.45) is 0. The molecule has 1 saturated heterocycles. The van der Waals surface area contributed by atoms with Crippen LogP contribution >= 0.6 is 11.8 Å². The first kappa shape index (κ1) is 11.5. The zero-order valence-electron chi connectivity index (χ0n) is 8.58. The molecule has 1 unspecified atom stereocenters. The highest BCUT2D eigenvalue weighted by molar-refractivity contribution is 7.99. The van der Waals surface area contributed by atoms with E-state index in [1.165, 1.54) is 4.90 Å². The third-order valence-corrected chi connectivity index (χ3v) is 3.04. The van der Waals surface area contributed by atoms with Gasteiger partial charge in [0.1, 0.15) is 0 Å². The lowest BCUT2D eigenvalue weighted by Crippen LogP contribution is -2.57. The van der Waals surface area contributed by atoms with E-state index in [0.29, 0.717) is 6.54 Å². The number of amides is 2. The average Bonchev–Trinajstić information content (AvgIpc) is 2.18. The van der Waals surface area contributed by atoms with Gasteiger partial charge in [-0.05, 0) is 12.7 Å². The molecule has 14 heavy (non-hydrogen) atoms. The van der Waals surface area contributed by atoms with Crippen molar-refractivity contribution < 1.29 is 9.59 Å². The Morgan fingerprint density at radius 3 is 2.93 bits per heavy atom. The van der Waals surface area contributed by atoms with Crippen LogP contribution in [0.2, 0.25) is 0 Å². The summed E-state index contributed by atoms with van der Waals surface area (Å²) in [4.78, 5) is 24.3. The molecular weight excluding hydrogens is 200 g/mol. The average molecular weight is 216 g/mol. The van der Waals surface area contributed by atoms with Crippen LogP contribution in [0.1, 0.15) is 13.8 Å². The van der Waals surface area contributed by atoms with Crippen LogP contribution in [0.4, 0.5) is 0 Å². The summed E-state index contributed by atoms with van der Waals surface area (Å²) in [6.45, 7) is 4.68. The van der Waals surface area contributed by atoms with Crippen LogP contribution in [-0.2, 0) is 9.59 Å². The fourth-order valence-electron chi connectivity index (χ4n) is 1.31. The van der Waals surface area contributed by atoms with Gasteiger partial charge in [0.25, 0.3) is 0 Å². The standard InChI is InChI=1S/C9H16N2O2S/c1-3-14-5-4-11-8(12)6-10-7(2)9(11)13/h7,10H,3-6H2,1-2H3. The van der Waals surface area contributed by atoms with Crippen LogP contribution in [0.15, 0.2) is 0 Å². The van der Waals surface area contributed by atoms with Crippen LogP contribution < -0.4 is 5.32 Å². The number of carbonyl (C=O) groups excluding carboxylic acids is 2. The number of hydrogen-bond donors (Lipinski definition) is 1. The van der Waals surface area contributed by atoms with Crippen molar-refractivity contribution >= 4 is 23.6 Å². The Kier molecular flexibility index (Phi) is 4.41. The van der Waals surface area contributed by atoms with Gasteiger partial charge >= 0.3 is 0 Å². The molecule has 0 bridgehead atoms. The van der Waals surface area contributed by atoms with E-state index in [1.807, 2.05) is 0 Å². The molecule has 5 heteroatoms. The highest BCUT2D eigenvalue weighted by Crippen LogP contribution is 2.05. The van der Waals surface area contributed by atoms with Gasteiger partial charge in [0, 0.05) is 12.3 Å². The number of thioether (sulfide) groups is 1. The minimum Gasteiger partial charge on any atom is -0.298 e. The molecule has 0 saturated carbocycles. The first-order valence-corrected chi connectivity index (χ1v) is 5.97. The summed E-state index contributed by atoms with van der Waals surface area (Å²) in [5.74, 6) is 1.65. The molecule has 0 radical (unpaired) electrons. The van der Waals surface area contributed by atoms with E-state index in [4.69, 9.17) is 0 Å². The van der Waals surface area contributed by atoms with Gasteiger partial charge in [0.2, 0.25) is 11.8 Å². The zero-order chi connectivity index (χ0) is 10.6. The van der Waals surface area contributed by atoms with Crippen molar-refractivity contribution in [2.75, 3.05) is 24.6 Å². The van der Waals surface area contributed by atoms with E-state index in [-0.39, 0.29) is 24.4 Å². The third kappa shape index (κ3) is 2.72. The van der Waals surface area contributed by atoms with Crippen LogP contribution in [0, 0.1) is 0 Å². The number of carbonyl (C=O) groups is 2. The van der Waals surface area contributed by atoms with Gasteiger partial charge in [-0.1, -0.05) is 6.92 Å². The van der Waals surface area contributed by atoms with Crippen LogP contribution in [0.25, 0.3) is 0 Å². The topological polar surface area (TPSA) is 49.4 Å². The van der Waals surface area contributed by atoms with Gasteiger partial charge in [0.15, 0.2) is 0 Å². The Morgan fingerprint density at radius 2 is 2.29 bits per heavy atom. The molecule has 4 nitrogen and oxygen atoms in total. The minimum absolute atomic E-state index is 0.0991. The van der Waals surface area contributed by atoms with Gasteiger partial charge in [-0.2, -0.15) is 11.8 Å². The SMILES string of the molecule is CCSCCN1C(=O)CNC(C)C1=O. The first-order valence-electron chi connectivity index (χ1n) is 4.82. The molecule has 2 amide bonds. The summed E-state index contributed by atoms with van der Waals surface area (Å²) < 4.78 is 0. The molecule has 0 aliphatic carbocycles. The van der Waals surface area contributed by atoms with Crippen LogP contribution in [-0.4, -0.2) is 47.4 Å². The summed E-state index contributed by atoms with van der Waals surface area (Å²) in [5, 5.41) is 2.85. The second-order valence-corrected chi connectivity index (χ2v) is 4.58. The molecule has 1 N–H and O–H groups in total. The Morgan fingerprint density at radius 1 is 1.57 bits per heavy atom. The van der Waals surface area contributed by atoms with Crippen molar-refractivity contribution in [3.8, 4) is 0 Å². The van der Waals surface area contributed by atoms with E-state index in [0.717, 1.165) is 11.5 Å². The molecule has 80 valence electrons. The zero-order valence-corrected chi connectivity index (χ0v) is 9.39. The smallest absolute Gasteiger partial charge is 0.246 e. The maximum atomic E-state index is 11.6. The van der Waals surface area contributed by atoms with E-state index in [1.54, 1.807) is 18.7 Å². The Bertz CT molecular complexity index is 233. The van der Waals surface area contributed by atoms with Gasteiger partial charge < -0.3 is 0 Å². The largest absolute Gasteiger partial charge is 0.298 e. The molecule has 0 spiro atoms. The maximum Gasteiger partial charge on any atom is 0.246 e. The lowest BCUT2D eigenvalue weighted by Gasteiger charge is -2.29. The first-order chi connectivity index (χ1) is 6.66. The van der Waals surface area contributed by atoms with Crippen LogP contribution in [0.5, 0.6) is 0 Å². The molecule has 1 heterocycles. The predicted molar refractivity (Wildman–Crippen MR) is 57.2 cm³/mol. The second-order valence-electron chi connectivity index (χ2n) is 3.18. The number of nitrogens with one attached hydrogen (secondary N) is 1. The van der Waals surface area contributed by atoms with Crippen LogP contribution in [0.3, 0.4) is 0 Å². The van der Waals surface area contributed by atoms with Crippen molar-refractivity contribution in [3.05, 3.63) is 0 Å². The fourth-order valence-corrected chi connectivity index (χ4v) is 1.92. The molecular formula is C9H16N2O2S. The van der Waals surface area contributed by atoms with E-state index >= 15 is 0 Å². The molecule has 1 rings (SSSR count). The maximum absolute atomic E-state index is 11.6.